The molecule has 176 valence electrons. The molecular formula is C24H19F3N2O3S2. The van der Waals surface area contributed by atoms with Gasteiger partial charge in [0.25, 0.3) is 0 Å². The van der Waals surface area contributed by atoms with Crippen LogP contribution in [-0.4, -0.2) is 26.8 Å². The van der Waals surface area contributed by atoms with E-state index in [9.17, 15) is 23.1 Å². The molecule has 34 heavy (non-hydrogen) atoms. The second-order valence-electron chi connectivity index (χ2n) is 7.40. The van der Waals surface area contributed by atoms with Crippen molar-refractivity contribution in [2.24, 2.45) is 5.92 Å². The second-order valence-corrected chi connectivity index (χ2v) is 9.70. The number of esters is 1. The SMILES string of the molecule is O=C(OCc1cccc(C(F)(F)F)c1)C(CSc1nc2ccccc2s1)C(O)c1cccnc1. The number of fused-ring (bicyclic) bond motifs is 1. The number of carbonyl (C=O) groups is 1. The summed E-state index contributed by atoms with van der Waals surface area (Å²) in [7, 11) is 0. The van der Waals surface area contributed by atoms with Gasteiger partial charge in [-0.1, -0.05) is 42.1 Å². The number of thiazole rings is 1. The number of alkyl halides is 3. The lowest BCUT2D eigenvalue weighted by Crippen LogP contribution is -2.27. The summed E-state index contributed by atoms with van der Waals surface area (Å²) < 4.78 is 46.0. The fraction of sp³-hybridized carbons (Fsp3) is 0.208. The lowest BCUT2D eigenvalue weighted by molar-refractivity contribution is -0.153. The average Bonchev–Trinajstić information content (AvgIpc) is 3.26. The van der Waals surface area contributed by atoms with Crippen LogP contribution in [0.15, 0.2) is 77.4 Å². The Hall–Kier alpha value is -2.95. The third-order valence-corrected chi connectivity index (χ3v) is 7.30. The predicted octanol–water partition coefficient (Wildman–Crippen LogP) is 5.90. The van der Waals surface area contributed by atoms with E-state index in [2.05, 4.69) is 9.97 Å². The van der Waals surface area contributed by atoms with E-state index >= 15 is 0 Å². The Morgan fingerprint density at radius 2 is 1.94 bits per heavy atom. The number of aliphatic hydroxyl groups excluding tert-OH is 1. The molecule has 0 saturated heterocycles. The van der Waals surface area contributed by atoms with Gasteiger partial charge in [-0.3, -0.25) is 9.78 Å². The lowest BCUT2D eigenvalue weighted by Gasteiger charge is -2.21. The van der Waals surface area contributed by atoms with Crippen molar-refractivity contribution in [2.75, 3.05) is 5.75 Å². The van der Waals surface area contributed by atoms with Crippen LogP contribution < -0.4 is 0 Å². The number of para-hydroxylation sites is 1. The smallest absolute Gasteiger partial charge is 0.416 e. The maximum absolute atomic E-state index is 13.0. The van der Waals surface area contributed by atoms with Gasteiger partial charge in [-0.2, -0.15) is 13.2 Å². The molecule has 10 heteroatoms. The highest BCUT2D eigenvalue weighted by atomic mass is 32.2. The topological polar surface area (TPSA) is 72.3 Å². The van der Waals surface area contributed by atoms with Gasteiger partial charge in [-0.05, 0) is 41.5 Å². The third kappa shape index (κ3) is 5.94. The van der Waals surface area contributed by atoms with E-state index in [4.69, 9.17) is 4.74 Å². The van der Waals surface area contributed by atoms with Crippen LogP contribution in [0.3, 0.4) is 0 Å². The molecule has 2 aromatic heterocycles. The Kier molecular flexibility index (Phi) is 7.50. The molecule has 2 aromatic carbocycles. The van der Waals surface area contributed by atoms with Crippen LogP contribution >= 0.6 is 23.1 Å². The molecule has 0 aliphatic carbocycles. The number of benzene rings is 2. The van der Waals surface area contributed by atoms with Gasteiger partial charge >= 0.3 is 12.1 Å². The van der Waals surface area contributed by atoms with Gasteiger partial charge in [-0.25, -0.2) is 4.98 Å². The number of ether oxygens (including phenoxy) is 1. The van der Waals surface area contributed by atoms with E-state index in [0.717, 1.165) is 26.7 Å². The van der Waals surface area contributed by atoms with Crippen molar-refractivity contribution in [3.8, 4) is 0 Å². The standard InChI is InChI=1S/C24H19F3N2O3S2/c25-24(26,27)17-7-3-5-15(11-17)13-32-22(31)18(21(30)16-6-4-10-28-12-16)14-33-23-29-19-8-1-2-9-20(19)34-23/h1-12,18,21,30H,13-14H2. The zero-order chi connectivity index (χ0) is 24.1. The lowest BCUT2D eigenvalue weighted by atomic mass is 9.99. The quantitative estimate of drug-likeness (QED) is 0.238. The number of carbonyl (C=O) groups excluding carboxylic acids is 1. The van der Waals surface area contributed by atoms with Gasteiger partial charge in [-0.15, -0.1) is 11.3 Å². The molecule has 4 aromatic rings. The average molecular weight is 505 g/mol. The first-order chi connectivity index (χ1) is 16.3. The first-order valence-electron chi connectivity index (χ1n) is 10.2. The normalized spacial score (nSPS) is 13.5. The van der Waals surface area contributed by atoms with Gasteiger partial charge in [0.05, 0.1) is 27.8 Å². The van der Waals surface area contributed by atoms with Crippen molar-refractivity contribution in [1.82, 2.24) is 9.97 Å². The fourth-order valence-corrected chi connectivity index (χ4v) is 5.45. The fourth-order valence-electron chi connectivity index (χ4n) is 3.24. The van der Waals surface area contributed by atoms with Crippen LogP contribution in [0.5, 0.6) is 0 Å². The summed E-state index contributed by atoms with van der Waals surface area (Å²) in [4.78, 5) is 21.5. The second kappa shape index (κ2) is 10.5. The van der Waals surface area contributed by atoms with Crippen LogP contribution in [0.1, 0.15) is 22.8 Å². The van der Waals surface area contributed by atoms with Crippen LogP contribution in [0.25, 0.3) is 10.2 Å². The number of aromatic nitrogens is 2. The maximum Gasteiger partial charge on any atom is 0.416 e. The molecule has 2 atom stereocenters. The molecule has 2 unspecified atom stereocenters. The molecule has 0 aliphatic rings. The summed E-state index contributed by atoms with van der Waals surface area (Å²) in [5.74, 6) is -1.54. The summed E-state index contributed by atoms with van der Waals surface area (Å²) >= 11 is 2.78. The molecule has 0 fully saturated rings. The van der Waals surface area contributed by atoms with E-state index < -0.39 is 29.7 Å². The molecular weight excluding hydrogens is 485 g/mol. The van der Waals surface area contributed by atoms with E-state index in [1.807, 2.05) is 24.3 Å². The van der Waals surface area contributed by atoms with E-state index in [1.54, 1.807) is 18.3 Å². The first-order valence-corrected chi connectivity index (χ1v) is 12.0. The molecule has 0 aliphatic heterocycles. The zero-order valence-corrected chi connectivity index (χ0v) is 19.2. The van der Waals surface area contributed by atoms with Crippen molar-refractivity contribution in [1.29, 1.82) is 0 Å². The molecule has 5 nitrogen and oxygen atoms in total. The number of hydrogen-bond acceptors (Lipinski definition) is 7. The highest BCUT2D eigenvalue weighted by Gasteiger charge is 2.32. The number of aliphatic hydroxyl groups is 1. The van der Waals surface area contributed by atoms with E-state index in [0.29, 0.717) is 5.56 Å². The summed E-state index contributed by atoms with van der Waals surface area (Å²) in [5.41, 5.74) is 0.663. The summed E-state index contributed by atoms with van der Waals surface area (Å²) in [5, 5.41) is 10.9. The molecule has 1 N–H and O–H groups in total. The monoisotopic (exact) mass is 504 g/mol. The molecule has 0 spiro atoms. The van der Waals surface area contributed by atoms with Gasteiger partial charge in [0.15, 0.2) is 4.34 Å². The van der Waals surface area contributed by atoms with Crippen molar-refractivity contribution < 1.29 is 27.8 Å². The number of thioether (sulfide) groups is 1. The molecule has 0 saturated carbocycles. The first kappa shape index (κ1) is 24.2. The van der Waals surface area contributed by atoms with Gasteiger partial charge in [0.1, 0.15) is 6.61 Å². The minimum atomic E-state index is -4.49. The largest absolute Gasteiger partial charge is 0.460 e. The maximum atomic E-state index is 13.0. The number of halogens is 3. The molecule has 4 rings (SSSR count). The van der Waals surface area contributed by atoms with Crippen LogP contribution in [-0.2, 0) is 22.3 Å². The molecule has 0 radical (unpaired) electrons. The summed E-state index contributed by atoms with van der Waals surface area (Å²) in [6.45, 7) is -0.342. The van der Waals surface area contributed by atoms with Crippen molar-refractivity contribution in [3.63, 3.8) is 0 Å². The summed E-state index contributed by atoms with van der Waals surface area (Å²) in [6.07, 6.45) is -2.69. The Labute approximate surface area is 201 Å². The van der Waals surface area contributed by atoms with Gasteiger partial charge in [0, 0.05) is 18.1 Å². The van der Waals surface area contributed by atoms with Gasteiger partial charge < -0.3 is 9.84 Å². The third-order valence-electron chi connectivity index (χ3n) is 5.01. The zero-order valence-electron chi connectivity index (χ0n) is 17.6. The Balaban J connectivity index is 1.49. The number of hydrogen-bond donors (Lipinski definition) is 1. The van der Waals surface area contributed by atoms with Crippen molar-refractivity contribution in [3.05, 3.63) is 89.7 Å². The molecule has 0 bridgehead atoms. The Morgan fingerprint density at radius 1 is 1.12 bits per heavy atom. The van der Waals surface area contributed by atoms with E-state index in [1.165, 1.54) is 41.4 Å². The van der Waals surface area contributed by atoms with Crippen molar-refractivity contribution >= 4 is 39.3 Å². The van der Waals surface area contributed by atoms with Crippen LogP contribution in [0.4, 0.5) is 13.2 Å². The Bertz CT molecular complexity index is 1230. The van der Waals surface area contributed by atoms with Crippen LogP contribution in [0, 0.1) is 5.92 Å². The number of nitrogens with zero attached hydrogens (tertiary/aromatic N) is 2. The minimum absolute atomic E-state index is 0.164. The summed E-state index contributed by atoms with van der Waals surface area (Å²) in [6, 6.07) is 15.5. The predicted molar refractivity (Wildman–Crippen MR) is 124 cm³/mol. The number of pyridine rings is 1. The Morgan fingerprint density at radius 3 is 2.68 bits per heavy atom. The highest BCUT2D eigenvalue weighted by Crippen LogP contribution is 2.34. The minimum Gasteiger partial charge on any atom is -0.460 e. The van der Waals surface area contributed by atoms with Crippen molar-refractivity contribution in [2.45, 2.75) is 23.2 Å². The van der Waals surface area contributed by atoms with E-state index in [-0.39, 0.29) is 17.9 Å². The molecule has 2 heterocycles. The van der Waals surface area contributed by atoms with Crippen LogP contribution in [0.2, 0.25) is 0 Å². The molecule has 0 amide bonds. The highest BCUT2D eigenvalue weighted by molar-refractivity contribution is 8.01. The van der Waals surface area contributed by atoms with Gasteiger partial charge in [0.2, 0.25) is 0 Å². The number of rotatable bonds is 8.